The molecule has 2 rings (SSSR count). The van der Waals surface area contributed by atoms with E-state index in [0.29, 0.717) is 17.1 Å². The highest BCUT2D eigenvalue weighted by Gasteiger charge is 2.13. The third kappa shape index (κ3) is 1.90. The molecule has 5 heteroatoms. The Morgan fingerprint density at radius 2 is 2.13 bits per heavy atom. The zero-order chi connectivity index (χ0) is 10.8. The first-order chi connectivity index (χ1) is 7.16. The number of carboxylic acid groups (broad SMARTS) is 1. The van der Waals surface area contributed by atoms with Gasteiger partial charge in [-0.05, 0) is 23.8 Å². The number of aliphatic carboxylic acids is 1. The zero-order valence-electron chi connectivity index (χ0n) is 7.57. The van der Waals surface area contributed by atoms with Crippen molar-refractivity contribution in [1.29, 1.82) is 0 Å². The lowest BCUT2D eigenvalue weighted by Gasteiger charge is -1.97. The van der Waals surface area contributed by atoms with Crippen LogP contribution in [-0.4, -0.2) is 17.9 Å². The third-order valence-corrected chi connectivity index (χ3v) is 1.89. The predicted molar refractivity (Wildman–Crippen MR) is 49.3 cm³/mol. The molecule has 0 radical (unpaired) electrons. The molecule has 0 amide bonds. The van der Waals surface area contributed by atoms with E-state index in [1.165, 1.54) is 6.07 Å². The lowest BCUT2D eigenvalue weighted by Crippen LogP contribution is -1.94. The Kier molecular flexibility index (Phi) is 2.29. The van der Waals surface area contributed by atoms with Crippen molar-refractivity contribution < 1.29 is 23.8 Å². The smallest absolute Gasteiger partial charge is 0.364 e. The van der Waals surface area contributed by atoms with Crippen LogP contribution in [0.1, 0.15) is 5.56 Å². The summed E-state index contributed by atoms with van der Waals surface area (Å²) in [5, 5.41) is 8.34. The molecule has 0 aromatic heterocycles. The molecule has 0 unspecified atom stereocenters. The lowest BCUT2D eigenvalue weighted by atomic mass is 10.2. The molecule has 1 N–H and O–H groups in total. The van der Waals surface area contributed by atoms with E-state index in [1.807, 2.05) is 0 Å². The van der Waals surface area contributed by atoms with E-state index in [0.717, 1.165) is 6.08 Å². The number of rotatable bonds is 2. The van der Waals surface area contributed by atoms with Gasteiger partial charge in [-0.1, -0.05) is 6.07 Å². The summed E-state index contributed by atoms with van der Waals surface area (Å²) in [6.45, 7) is 0.129. The number of halogens is 1. The van der Waals surface area contributed by atoms with Crippen molar-refractivity contribution in [2.45, 2.75) is 0 Å². The Balaban J connectivity index is 2.31. The van der Waals surface area contributed by atoms with Gasteiger partial charge in [0.2, 0.25) is 12.6 Å². The highest BCUT2D eigenvalue weighted by atomic mass is 19.1. The van der Waals surface area contributed by atoms with Crippen LogP contribution in [0.5, 0.6) is 11.5 Å². The second kappa shape index (κ2) is 3.61. The molecular formula is C10H7FO4. The molecule has 0 aliphatic carbocycles. The highest BCUT2D eigenvalue weighted by molar-refractivity contribution is 5.89. The van der Waals surface area contributed by atoms with Crippen molar-refractivity contribution >= 4 is 12.0 Å². The first-order valence-corrected chi connectivity index (χ1v) is 4.17. The first-order valence-electron chi connectivity index (χ1n) is 4.17. The molecule has 0 atom stereocenters. The Bertz CT molecular complexity index is 439. The molecule has 0 bridgehead atoms. The van der Waals surface area contributed by atoms with Crippen molar-refractivity contribution in [3.63, 3.8) is 0 Å². The summed E-state index contributed by atoms with van der Waals surface area (Å²) in [5.74, 6) is -1.74. The number of carbonyl (C=O) groups is 1. The van der Waals surface area contributed by atoms with Gasteiger partial charge in [-0.2, -0.15) is 4.39 Å². The van der Waals surface area contributed by atoms with Crippen molar-refractivity contribution in [3.05, 3.63) is 29.6 Å². The quantitative estimate of drug-likeness (QED) is 0.756. The van der Waals surface area contributed by atoms with Crippen LogP contribution in [0.25, 0.3) is 6.08 Å². The maximum Gasteiger partial charge on any atom is 0.364 e. The van der Waals surface area contributed by atoms with Gasteiger partial charge in [0.05, 0.1) is 0 Å². The fourth-order valence-electron chi connectivity index (χ4n) is 1.21. The molecule has 0 fully saturated rings. The van der Waals surface area contributed by atoms with Gasteiger partial charge >= 0.3 is 5.97 Å². The van der Waals surface area contributed by atoms with Crippen molar-refractivity contribution in [2.75, 3.05) is 6.79 Å². The van der Waals surface area contributed by atoms with Crippen molar-refractivity contribution in [3.8, 4) is 11.5 Å². The van der Waals surface area contributed by atoms with Gasteiger partial charge in [-0.3, -0.25) is 0 Å². The van der Waals surface area contributed by atoms with Gasteiger partial charge in [0.1, 0.15) is 0 Å². The van der Waals surface area contributed by atoms with Crippen LogP contribution in [0.4, 0.5) is 4.39 Å². The summed E-state index contributed by atoms with van der Waals surface area (Å²) in [6.07, 6.45) is 0.921. The number of ether oxygens (including phenoxy) is 2. The van der Waals surface area contributed by atoms with E-state index in [9.17, 15) is 9.18 Å². The SMILES string of the molecule is O=C(O)C(F)=Cc1ccc2c(c1)OCO2. The predicted octanol–water partition coefficient (Wildman–Crippen LogP) is 1.81. The van der Waals surface area contributed by atoms with Crippen LogP contribution in [0.3, 0.4) is 0 Å². The summed E-state index contributed by atoms with van der Waals surface area (Å²) >= 11 is 0. The fourth-order valence-corrected chi connectivity index (χ4v) is 1.21. The molecular weight excluding hydrogens is 203 g/mol. The maximum atomic E-state index is 12.8. The van der Waals surface area contributed by atoms with Gasteiger partial charge < -0.3 is 14.6 Å². The molecule has 1 aromatic carbocycles. The lowest BCUT2D eigenvalue weighted by molar-refractivity contribution is -0.134. The number of carboxylic acids is 1. The fraction of sp³-hybridized carbons (Fsp3) is 0.100. The standard InChI is InChI=1S/C10H7FO4/c11-7(10(12)13)3-6-1-2-8-9(4-6)15-5-14-8/h1-4H,5H2,(H,12,13). The first kappa shape index (κ1) is 9.51. The monoisotopic (exact) mass is 210 g/mol. The van der Waals surface area contributed by atoms with E-state index < -0.39 is 11.8 Å². The number of fused-ring (bicyclic) bond motifs is 1. The van der Waals surface area contributed by atoms with Crippen LogP contribution in [0.2, 0.25) is 0 Å². The average molecular weight is 210 g/mol. The van der Waals surface area contributed by atoms with Gasteiger partial charge in [-0.25, -0.2) is 4.79 Å². The summed E-state index contributed by atoms with van der Waals surface area (Å²) in [7, 11) is 0. The average Bonchev–Trinajstić information content (AvgIpc) is 2.64. The topological polar surface area (TPSA) is 55.8 Å². The minimum absolute atomic E-state index is 0.129. The molecule has 0 saturated heterocycles. The van der Waals surface area contributed by atoms with Crippen LogP contribution < -0.4 is 9.47 Å². The minimum Gasteiger partial charge on any atom is -0.476 e. The summed E-state index contributed by atoms with van der Waals surface area (Å²) in [4.78, 5) is 10.2. The Morgan fingerprint density at radius 3 is 2.87 bits per heavy atom. The Morgan fingerprint density at radius 1 is 1.40 bits per heavy atom. The molecule has 1 aliphatic rings. The Labute approximate surface area is 84.5 Å². The molecule has 0 saturated carbocycles. The molecule has 4 nitrogen and oxygen atoms in total. The number of hydrogen-bond acceptors (Lipinski definition) is 3. The van der Waals surface area contributed by atoms with E-state index in [-0.39, 0.29) is 6.79 Å². The minimum atomic E-state index is -1.59. The summed E-state index contributed by atoms with van der Waals surface area (Å²) in [6, 6.07) is 4.67. The Hall–Kier alpha value is -2.04. The van der Waals surface area contributed by atoms with E-state index >= 15 is 0 Å². The molecule has 0 spiro atoms. The van der Waals surface area contributed by atoms with Crippen LogP contribution in [-0.2, 0) is 4.79 Å². The highest BCUT2D eigenvalue weighted by Crippen LogP contribution is 2.33. The third-order valence-electron chi connectivity index (χ3n) is 1.89. The van der Waals surface area contributed by atoms with E-state index in [2.05, 4.69) is 0 Å². The maximum absolute atomic E-state index is 12.8. The van der Waals surface area contributed by atoms with Crippen molar-refractivity contribution in [2.24, 2.45) is 0 Å². The second-order valence-electron chi connectivity index (χ2n) is 2.91. The van der Waals surface area contributed by atoms with Crippen molar-refractivity contribution in [1.82, 2.24) is 0 Å². The summed E-state index contributed by atoms with van der Waals surface area (Å²) < 4.78 is 22.9. The zero-order valence-corrected chi connectivity index (χ0v) is 7.57. The van der Waals surface area contributed by atoms with E-state index in [4.69, 9.17) is 14.6 Å². The number of benzene rings is 1. The molecule has 1 aromatic rings. The normalized spacial score (nSPS) is 14.1. The summed E-state index contributed by atoms with van der Waals surface area (Å²) in [5.41, 5.74) is 0.416. The van der Waals surface area contributed by atoms with Crippen LogP contribution >= 0.6 is 0 Å². The van der Waals surface area contributed by atoms with Crippen LogP contribution in [0, 0.1) is 0 Å². The molecule has 1 heterocycles. The largest absolute Gasteiger partial charge is 0.476 e. The van der Waals surface area contributed by atoms with Gasteiger partial charge in [0, 0.05) is 0 Å². The second-order valence-corrected chi connectivity index (χ2v) is 2.91. The van der Waals surface area contributed by atoms with Gasteiger partial charge in [0.25, 0.3) is 0 Å². The van der Waals surface area contributed by atoms with Crippen LogP contribution in [0.15, 0.2) is 24.0 Å². The van der Waals surface area contributed by atoms with E-state index in [1.54, 1.807) is 12.1 Å². The number of hydrogen-bond donors (Lipinski definition) is 1. The van der Waals surface area contributed by atoms with Gasteiger partial charge in [0.15, 0.2) is 11.5 Å². The molecule has 15 heavy (non-hydrogen) atoms. The van der Waals surface area contributed by atoms with Gasteiger partial charge in [-0.15, -0.1) is 0 Å². The molecule has 78 valence electrons. The molecule has 1 aliphatic heterocycles.